The van der Waals surface area contributed by atoms with E-state index in [4.69, 9.17) is 26.1 Å². The number of likely N-dealkylation sites (N-methyl/N-ethyl adjacent to an activating group) is 1. The summed E-state index contributed by atoms with van der Waals surface area (Å²) in [5.74, 6) is 0.0760. The number of hydrogen-bond donors (Lipinski definition) is 0. The van der Waals surface area contributed by atoms with Gasteiger partial charge in [-0.15, -0.1) is 0 Å². The lowest BCUT2D eigenvalue weighted by molar-refractivity contribution is 0.112. The number of ether oxygens (including phenoxy) is 2. The molecule has 2 aromatic rings. The van der Waals surface area contributed by atoms with Crippen molar-refractivity contribution in [1.29, 1.82) is 0 Å². The minimum Gasteiger partial charge on any atom is -0.459 e. The Kier molecular flexibility index (Phi) is 5.41. The first kappa shape index (κ1) is 20.2. The third kappa shape index (κ3) is 3.48. The van der Waals surface area contributed by atoms with Gasteiger partial charge in [0.2, 0.25) is 0 Å². The minimum absolute atomic E-state index is 0.101. The molecule has 9 heteroatoms. The zero-order chi connectivity index (χ0) is 20.8. The first-order valence-corrected chi connectivity index (χ1v) is 11.2. The van der Waals surface area contributed by atoms with Gasteiger partial charge in [0.05, 0.1) is 23.7 Å². The van der Waals surface area contributed by atoms with Gasteiger partial charge in [-0.1, -0.05) is 11.6 Å². The van der Waals surface area contributed by atoms with Crippen LogP contribution in [0, 0.1) is 5.82 Å². The van der Waals surface area contributed by atoms with E-state index >= 15 is 4.39 Å². The second-order valence-corrected chi connectivity index (χ2v) is 8.90. The number of hydrogen-bond acceptors (Lipinski definition) is 7. The summed E-state index contributed by atoms with van der Waals surface area (Å²) in [6.45, 7) is 5.21. The summed E-state index contributed by atoms with van der Waals surface area (Å²) in [5, 5.41) is 0.504. The molecule has 0 saturated carbocycles. The summed E-state index contributed by atoms with van der Waals surface area (Å²) in [5.41, 5.74) is 0.942. The van der Waals surface area contributed by atoms with E-state index < -0.39 is 5.82 Å². The molecule has 0 aliphatic carbocycles. The molecule has 7 nitrogen and oxygen atoms in total. The van der Waals surface area contributed by atoms with Crippen LogP contribution in [0.1, 0.15) is 38.3 Å². The van der Waals surface area contributed by atoms with Gasteiger partial charge in [-0.05, 0) is 52.6 Å². The third-order valence-electron chi connectivity index (χ3n) is 6.62. The lowest BCUT2D eigenvalue weighted by Crippen LogP contribution is -2.39. The summed E-state index contributed by atoms with van der Waals surface area (Å²) in [4.78, 5) is 18.1. The molecule has 162 valence electrons. The van der Waals surface area contributed by atoms with Crippen LogP contribution >= 0.6 is 11.6 Å². The molecule has 5 rings (SSSR count). The molecule has 3 atom stereocenters. The van der Waals surface area contributed by atoms with Crippen LogP contribution in [-0.4, -0.2) is 71.4 Å². The van der Waals surface area contributed by atoms with Gasteiger partial charge in [-0.25, -0.2) is 9.37 Å². The van der Waals surface area contributed by atoms with Crippen LogP contribution in [-0.2, 0) is 11.2 Å². The van der Waals surface area contributed by atoms with E-state index in [2.05, 4.69) is 26.8 Å². The molecule has 0 radical (unpaired) electrons. The SMILES string of the molecule is C[C@H](Oc1nc2c3c(nc(Cl)c(F)c3n1)CC[C@H]1COCCCN21)[C@@H]1CCCN1C. The average molecular weight is 436 g/mol. The molecule has 0 bridgehead atoms. The van der Waals surface area contributed by atoms with Crippen LogP contribution in [0.25, 0.3) is 10.9 Å². The maximum absolute atomic E-state index is 15.0. The van der Waals surface area contributed by atoms with Crippen molar-refractivity contribution in [1.82, 2.24) is 19.9 Å². The summed E-state index contributed by atoms with van der Waals surface area (Å²) < 4.78 is 27.0. The van der Waals surface area contributed by atoms with Gasteiger partial charge in [-0.3, -0.25) is 4.90 Å². The van der Waals surface area contributed by atoms with Crippen molar-refractivity contribution in [3.63, 3.8) is 0 Å². The van der Waals surface area contributed by atoms with Crippen LogP contribution in [0.3, 0.4) is 0 Å². The number of halogens is 2. The molecule has 0 N–H and O–H groups in total. The number of aryl methyl sites for hydroxylation is 1. The molecule has 30 heavy (non-hydrogen) atoms. The Hall–Kier alpha value is -1.77. The monoisotopic (exact) mass is 435 g/mol. The van der Waals surface area contributed by atoms with Crippen molar-refractivity contribution in [3.05, 3.63) is 16.7 Å². The smallest absolute Gasteiger partial charge is 0.319 e. The molecule has 0 spiro atoms. The first-order chi connectivity index (χ1) is 14.5. The van der Waals surface area contributed by atoms with Gasteiger partial charge in [0.1, 0.15) is 17.4 Å². The Bertz CT molecular complexity index is 961. The predicted molar refractivity (Wildman–Crippen MR) is 113 cm³/mol. The van der Waals surface area contributed by atoms with Crippen LogP contribution in [0.4, 0.5) is 10.2 Å². The highest BCUT2D eigenvalue weighted by molar-refractivity contribution is 6.30. The van der Waals surface area contributed by atoms with Crippen LogP contribution in [0.15, 0.2) is 0 Å². The van der Waals surface area contributed by atoms with Gasteiger partial charge < -0.3 is 14.4 Å². The minimum atomic E-state index is -0.612. The molecular weight excluding hydrogens is 409 g/mol. The Labute approximate surface area is 180 Å². The normalized spacial score (nSPS) is 25.7. The third-order valence-corrected chi connectivity index (χ3v) is 6.87. The van der Waals surface area contributed by atoms with E-state index in [0.717, 1.165) is 51.1 Å². The molecule has 2 aromatic heterocycles. The van der Waals surface area contributed by atoms with E-state index in [1.54, 1.807) is 0 Å². The fraction of sp³-hybridized carbons (Fsp3) is 0.667. The Balaban J connectivity index is 1.61. The van der Waals surface area contributed by atoms with E-state index in [1.807, 2.05) is 6.92 Å². The van der Waals surface area contributed by atoms with Gasteiger partial charge >= 0.3 is 6.01 Å². The fourth-order valence-electron chi connectivity index (χ4n) is 5.04. The Morgan fingerprint density at radius 2 is 2.07 bits per heavy atom. The molecule has 0 unspecified atom stereocenters. The first-order valence-electron chi connectivity index (χ1n) is 10.8. The van der Waals surface area contributed by atoms with Gasteiger partial charge in [0.15, 0.2) is 11.0 Å². The summed E-state index contributed by atoms with van der Waals surface area (Å²) >= 11 is 6.13. The van der Waals surface area contributed by atoms with Gasteiger partial charge in [0, 0.05) is 19.2 Å². The summed E-state index contributed by atoms with van der Waals surface area (Å²) in [6, 6.07) is 0.653. The molecular formula is C21H27ClFN5O2. The lowest BCUT2D eigenvalue weighted by Gasteiger charge is -2.30. The topological polar surface area (TPSA) is 63.6 Å². The zero-order valence-corrected chi connectivity index (χ0v) is 18.2. The average Bonchev–Trinajstić information content (AvgIpc) is 2.94. The molecule has 2 fully saturated rings. The fourth-order valence-corrected chi connectivity index (χ4v) is 5.23. The van der Waals surface area contributed by atoms with Crippen LogP contribution in [0.5, 0.6) is 6.01 Å². The number of rotatable bonds is 3. The van der Waals surface area contributed by atoms with Crippen molar-refractivity contribution in [3.8, 4) is 6.01 Å². The number of aromatic nitrogens is 3. The molecule has 2 saturated heterocycles. The van der Waals surface area contributed by atoms with E-state index in [1.165, 1.54) is 0 Å². The molecule has 0 aromatic carbocycles. The lowest BCUT2D eigenvalue weighted by atomic mass is 10.1. The second kappa shape index (κ2) is 8.05. The largest absolute Gasteiger partial charge is 0.459 e. The number of likely N-dealkylation sites (tertiary alicyclic amines) is 1. The highest BCUT2D eigenvalue weighted by atomic mass is 35.5. The Morgan fingerprint density at radius 1 is 1.20 bits per heavy atom. The van der Waals surface area contributed by atoms with Gasteiger partial charge in [0.25, 0.3) is 0 Å². The summed E-state index contributed by atoms with van der Waals surface area (Å²) in [7, 11) is 2.10. The van der Waals surface area contributed by atoms with Crippen molar-refractivity contribution in [2.45, 2.75) is 57.2 Å². The highest BCUT2D eigenvalue weighted by Crippen LogP contribution is 2.38. The standard InChI is InChI=1S/C21H27ClFN5O2/c1-12(15-5-3-8-27(15)2)30-21-25-18-16-14(24-19(22)17(18)23)7-6-13-11-29-10-4-9-28(13)20(16)26-21/h12-13,15H,3-11H2,1-2H3/t12-,13-,15-/m0/s1. The highest BCUT2D eigenvalue weighted by Gasteiger charge is 2.33. The second-order valence-electron chi connectivity index (χ2n) is 8.54. The zero-order valence-electron chi connectivity index (χ0n) is 17.4. The molecule has 3 aliphatic rings. The summed E-state index contributed by atoms with van der Waals surface area (Å²) in [6.07, 6.45) is 4.53. The predicted octanol–water partition coefficient (Wildman–Crippen LogP) is 3.22. The van der Waals surface area contributed by atoms with E-state index in [9.17, 15) is 0 Å². The maximum atomic E-state index is 15.0. The van der Waals surface area contributed by atoms with Crippen LogP contribution < -0.4 is 9.64 Å². The maximum Gasteiger partial charge on any atom is 0.319 e. The molecule has 3 aliphatic heterocycles. The van der Waals surface area contributed by atoms with Crippen molar-refractivity contribution in [2.75, 3.05) is 38.3 Å². The van der Waals surface area contributed by atoms with Crippen molar-refractivity contribution >= 4 is 28.3 Å². The number of nitrogens with zero attached hydrogens (tertiary/aromatic N) is 5. The molecule has 5 heterocycles. The number of fused-ring (bicyclic) bond motifs is 2. The van der Waals surface area contributed by atoms with E-state index in [0.29, 0.717) is 30.3 Å². The van der Waals surface area contributed by atoms with Gasteiger partial charge in [-0.2, -0.15) is 9.97 Å². The van der Waals surface area contributed by atoms with Crippen molar-refractivity contribution < 1.29 is 13.9 Å². The quantitative estimate of drug-likeness (QED) is 0.686. The number of pyridine rings is 1. The Morgan fingerprint density at radius 3 is 2.87 bits per heavy atom. The van der Waals surface area contributed by atoms with Crippen LogP contribution in [0.2, 0.25) is 5.15 Å². The van der Waals surface area contributed by atoms with Crippen molar-refractivity contribution in [2.24, 2.45) is 0 Å². The molecule has 0 amide bonds. The van der Waals surface area contributed by atoms with E-state index in [-0.39, 0.29) is 28.8 Å². The number of anilines is 1.